The van der Waals surface area contributed by atoms with Crippen molar-refractivity contribution in [3.05, 3.63) is 77.4 Å². The molecule has 39 heavy (non-hydrogen) atoms. The van der Waals surface area contributed by atoms with E-state index >= 15 is 0 Å². The van der Waals surface area contributed by atoms with Crippen molar-refractivity contribution in [2.75, 3.05) is 6.61 Å². The van der Waals surface area contributed by atoms with E-state index in [2.05, 4.69) is 50.4 Å². The van der Waals surface area contributed by atoms with E-state index in [-0.39, 0.29) is 17.8 Å². The van der Waals surface area contributed by atoms with Gasteiger partial charge in [-0.2, -0.15) is 5.10 Å². The Kier molecular flexibility index (Phi) is 7.30. The minimum Gasteiger partial charge on any atom is -0.462 e. The molecule has 6 rings (SSSR count). The van der Waals surface area contributed by atoms with Gasteiger partial charge in [0.15, 0.2) is 0 Å². The highest BCUT2D eigenvalue weighted by Crippen LogP contribution is 2.55. The molecule has 204 valence electrons. The van der Waals surface area contributed by atoms with E-state index in [1.54, 1.807) is 10.9 Å². The number of hydrogen-bond acceptors (Lipinski definition) is 6. The van der Waals surface area contributed by atoms with Crippen LogP contribution in [-0.4, -0.2) is 46.9 Å². The molecule has 9 nitrogen and oxygen atoms in total. The van der Waals surface area contributed by atoms with Crippen LogP contribution in [0.25, 0.3) is 5.69 Å². The van der Waals surface area contributed by atoms with Gasteiger partial charge in [0, 0.05) is 50.4 Å². The minimum absolute atomic E-state index is 0.132. The molecule has 0 saturated heterocycles. The lowest BCUT2D eigenvalue weighted by atomic mass is 9.96. The van der Waals surface area contributed by atoms with Crippen LogP contribution in [0.15, 0.2) is 49.1 Å². The molecule has 0 radical (unpaired) electrons. The molecule has 4 aromatic rings. The van der Waals surface area contributed by atoms with Gasteiger partial charge < -0.3 is 9.30 Å². The van der Waals surface area contributed by atoms with Crippen molar-refractivity contribution >= 4 is 5.97 Å². The number of imidazole rings is 1. The first-order valence-corrected chi connectivity index (χ1v) is 14.3. The fourth-order valence-corrected chi connectivity index (χ4v) is 6.13. The summed E-state index contributed by atoms with van der Waals surface area (Å²) in [4.78, 5) is 17.6. The molecular formula is C30H37N7O2. The quantitative estimate of drug-likeness (QED) is 0.219. The Morgan fingerprint density at radius 3 is 2.74 bits per heavy atom. The minimum atomic E-state index is -0.332. The number of ether oxygens (including phenoxy) is 1. The number of hydrogen-bond donors (Lipinski definition) is 0. The summed E-state index contributed by atoms with van der Waals surface area (Å²) in [5.41, 5.74) is 4.47. The summed E-state index contributed by atoms with van der Waals surface area (Å²) in [7, 11) is 1.87. The first kappa shape index (κ1) is 25.5. The second kappa shape index (κ2) is 11.2. The van der Waals surface area contributed by atoms with E-state index in [0.717, 1.165) is 42.4 Å². The first-order chi connectivity index (χ1) is 19.1. The molecule has 1 unspecified atom stereocenters. The van der Waals surface area contributed by atoms with Crippen LogP contribution < -0.4 is 0 Å². The largest absolute Gasteiger partial charge is 0.462 e. The van der Waals surface area contributed by atoms with Gasteiger partial charge in [-0.3, -0.25) is 4.68 Å². The van der Waals surface area contributed by atoms with E-state index in [1.165, 1.54) is 49.9 Å². The monoisotopic (exact) mass is 527 g/mol. The van der Waals surface area contributed by atoms with E-state index in [0.29, 0.717) is 12.2 Å². The van der Waals surface area contributed by atoms with Crippen molar-refractivity contribution in [3.8, 4) is 5.69 Å². The number of rotatable bonds is 9. The zero-order valence-electron chi connectivity index (χ0n) is 22.9. The maximum atomic E-state index is 12.9. The second-order valence-electron chi connectivity index (χ2n) is 11.0. The Labute approximate surface area is 229 Å². The summed E-state index contributed by atoms with van der Waals surface area (Å²) in [5.74, 6) is 1.91. The normalized spacial score (nSPS) is 19.6. The Morgan fingerprint density at radius 2 is 1.97 bits per heavy atom. The highest BCUT2D eigenvalue weighted by molar-refractivity contribution is 5.91. The van der Waals surface area contributed by atoms with Gasteiger partial charge in [0.05, 0.1) is 29.9 Å². The predicted octanol–water partition coefficient (Wildman–Crippen LogP) is 5.21. The van der Waals surface area contributed by atoms with Crippen molar-refractivity contribution in [2.45, 2.75) is 76.7 Å². The molecule has 3 aromatic heterocycles. The lowest BCUT2D eigenvalue weighted by molar-refractivity contribution is 0.0525. The molecule has 0 bridgehead atoms. The number of aromatic nitrogens is 7. The highest BCUT2D eigenvalue weighted by atomic mass is 16.5. The number of carbonyl (C=O) groups excluding carboxylic acids is 1. The number of esters is 1. The van der Waals surface area contributed by atoms with Gasteiger partial charge in [-0.25, -0.2) is 14.5 Å². The van der Waals surface area contributed by atoms with E-state index in [4.69, 9.17) is 9.72 Å². The number of nitrogens with zero attached hydrogens (tertiary/aromatic N) is 7. The Balaban J connectivity index is 1.26. The molecule has 2 aliphatic carbocycles. The zero-order valence-corrected chi connectivity index (χ0v) is 22.9. The van der Waals surface area contributed by atoms with Crippen molar-refractivity contribution in [1.82, 2.24) is 34.3 Å². The van der Waals surface area contributed by atoms with E-state index < -0.39 is 0 Å². The molecule has 2 atom stereocenters. The molecule has 0 aliphatic heterocycles. The molecule has 3 heterocycles. The Hall–Kier alpha value is -3.75. The average molecular weight is 528 g/mol. The van der Waals surface area contributed by atoms with Crippen LogP contribution >= 0.6 is 0 Å². The van der Waals surface area contributed by atoms with Crippen molar-refractivity contribution in [2.24, 2.45) is 13.0 Å². The predicted molar refractivity (Wildman–Crippen MR) is 147 cm³/mol. The maximum absolute atomic E-state index is 12.9. The third kappa shape index (κ3) is 5.53. The number of benzene rings is 1. The summed E-state index contributed by atoms with van der Waals surface area (Å²) in [5, 5.41) is 13.1. The second-order valence-corrected chi connectivity index (χ2v) is 11.0. The third-order valence-corrected chi connectivity index (χ3v) is 8.20. The lowest BCUT2D eigenvalue weighted by Gasteiger charge is -2.16. The van der Waals surface area contributed by atoms with Crippen molar-refractivity contribution in [1.29, 1.82) is 0 Å². The van der Waals surface area contributed by atoms with E-state index in [9.17, 15) is 4.79 Å². The molecule has 0 N–H and O–H groups in total. The molecule has 9 heteroatoms. The van der Waals surface area contributed by atoms with Gasteiger partial charge in [0.25, 0.3) is 0 Å². The summed E-state index contributed by atoms with van der Waals surface area (Å²) in [6.45, 7) is 2.90. The summed E-state index contributed by atoms with van der Waals surface area (Å²) >= 11 is 0. The van der Waals surface area contributed by atoms with Crippen LogP contribution in [-0.2, 0) is 24.8 Å². The number of carbonyl (C=O) groups is 1. The smallest absolute Gasteiger partial charge is 0.341 e. The Morgan fingerprint density at radius 1 is 1.13 bits per heavy atom. The lowest BCUT2D eigenvalue weighted by Crippen LogP contribution is -2.11. The highest BCUT2D eigenvalue weighted by Gasteiger charge is 2.46. The van der Waals surface area contributed by atoms with Crippen LogP contribution in [0.1, 0.15) is 96.8 Å². The van der Waals surface area contributed by atoms with Crippen LogP contribution in [0.3, 0.4) is 0 Å². The van der Waals surface area contributed by atoms with Crippen LogP contribution in [0.5, 0.6) is 0 Å². The molecule has 0 spiro atoms. The molecule has 2 fully saturated rings. The summed E-state index contributed by atoms with van der Waals surface area (Å²) in [6.07, 6.45) is 17.6. The van der Waals surface area contributed by atoms with Gasteiger partial charge in [0.2, 0.25) is 0 Å². The van der Waals surface area contributed by atoms with Crippen LogP contribution in [0.4, 0.5) is 0 Å². The number of aryl methyl sites for hydroxylation is 1. The van der Waals surface area contributed by atoms with E-state index in [1.807, 2.05) is 31.0 Å². The van der Waals surface area contributed by atoms with Crippen LogP contribution in [0.2, 0.25) is 0 Å². The topological polar surface area (TPSA) is 92.7 Å². The van der Waals surface area contributed by atoms with Gasteiger partial charge in [-0.15, -0.1) is 5.10 Å². The standard InChI is InChI=1S/C30H37N7O2/c1-3-39-30(38)26-18-32-37(29(26)25-17-24(25)27-20-35(2)34-33-27)23-12-8-11-22(15-23)19-36-14-13-31-28(36)16-21-9-6-4-5-7-10-21/h8,11-15,18,20-21,24-25H,3-7,9-10,16-17,19H2,1-2H3/t24-,25?/m1/s1. The maximum Gasteiger partial charge on any atom is 0.341 e. The molecule has 2 aliphatic rings. The summed E-state index contributed by atoms with van der Waals surface area (Å²) < 4.78 is 11.3. The van der Waals surface area contributed by atoms with Crippen LogP contribution in [0, 0.1) is 5.92 Å². The van der Waals surface area contributed by atoms with Gasteiger partial charge in [-0.05, 0) is 37.0 Å². The molecular weight excluding hydrogens is 490 g/mol. The molecule has 0 amide bonds. The fourth-order valence-electron chi connectivity index (χ4n) is 6.13. The Bertz CT molecular complexity index is 1430. The van der Waals surface area contributed by atoms with Crippen molar-refractivity contribution < 1.29 is 9.53 Å². The summed E-state index contributed by atoms with van der Waals surface area (Å²) in [6, 6.07) is 8.43. The van der Waals surface area contributed by atoms with Gasteiger partial charge >= 0.3 is 5.97 Å². The van der Waals surface area contributed by atoms with Gasteiger partial charge in [0.1, 0.15) is 11.4 Å². The molecule has 2 saturated carbocycles. The zero-order chi connectivity index (χ0) is 26.8. The van der Waals surface area contributed by atoms with Gasteiger partial charge in [-0.1, -0.05) is 55.9 Å². The third-order valence-electron chi connectivity index (χ3n) is 8.20. The average Bonchev–Trinajstić information content (AvgIpc) is 3.22. The first-order valence-electron chi connectivity index (χ1n) is 14.3. The fraction of sp³-hybridized carbons (Fsp3) is 0.500. The SMILES string of the molecule is CCOC(=O)c1cnn(-c2cccc(Cn3ccnc3CC3CCCCCC3)c2)c1C1C[C@H]1c1cn(C)nn1. The van der Waals surface area contributed by atoms with Crippen molar-refractivity contribution in [3.63, 3.8) is 0 Å². The molecule has 1 aromatic carbocycles.